The first kappa shape index (κ1) is 21.4. The Labute approximate surface area is 176 Å². The van der Waals surface area contributed by atoms with Gasteiger partial charge in [-0.3, -0.25) is 14.4 Å². The second-order valence-electron chi connectivity index (χ2n) is 7.52. The van der Waals surface area contributed by atoms with Crippen molar-refractivity contribution in [3.8, 4) is 0 Å². The van der Waals surface area contributed by atoms with Gasteiger partial charge < -0.3 is 21.3 Å². The van der Waals surface area contributed by atoms with Crippen molar-refractivity contribution in [2.45, 2.75) is 39.5 Å². The summed E-state index contributed by atoms with van der Waals surface area (Å²) in [4.78, 5) is 35.9. The quantitative estimate of drug-likeness (QED) is 0.501. The molecule has 1 fully saturated rings. The monoisotopic (exact) mass is 408 g/mol. The van der Waals surface area contributed by atoms with Gasteiger partial charge in [0.2, 0.25) is 17.7 Å². The van der Waals surface area contributed by atoms with Crippen LogP contribution in [0, 0.1) is 12.8 Å². The fraction of sp³-hybridized carbons (Fsp3) is 0.348. The number of nitrogens with one attached hydrogen (secondary N) is 4. The van der Waals surface area contributed by atoms with E-state index in [-0.39, 0.29) is 30.2 Å². The summed E-state index contributed by atoms with van der Waals surface area (Å²) in [7, 11) is 0. The number of benzene rings is 2. The van der Waals surface area contributed by atoms with Gasteiger partial charge in [0.05, 0.1) is 6.54 Å². The molecule has 1 aliphatic carbocycles. The van der Waals surface area contributed by atoms with E-state index < -0.39 is 0 Å². The van der Waals surface area contributed by atoms with Crippen LogP contribution in [0.15, 0.2) is 42.5 Å². The molecule has 2 aromatic rings. The minimum absolute atomic E-state index is 0.0237. The second kappa shape index (κ2) is 9.91. The first-order valence-corrected chi connectivity index (χ1v) is 10.3. The minimum Gasteiger partial charge on any atom is -0.376 e. The number of hydrogen-bond donors (Lipinski definition) is 4. The fourth-order valence-electron chi connectivity index (χ4n) is 3.01. The van der Waals surface area contributed by atoms with Crippen molar-refractivity contribution in [1.82, 2.24) is 0 Å². The number of anilines is 4. The van der Waals surface area contributed by atoms with Crippen molar-refractivity contribution in [2.24, 2.45) is 5.92 Å². The molecule has 3 amide bonds. The molecule has 0 saturated heterocycles. The molecule has 7 heteroatoms. The van der Waals surface area contributed by atoms with E-state index in [2.05, 4.69) is 21.3 Å². The van der Waals surface area contributed by atoms with Crippen molar-refractivity contribution in [3.63, 3.8) is 0 Å². The number of carbonyl (C=O) groups excluding carboxylic acids is 3. The third kappa shape index (κ3) is 6.07. The zero-order chi connectivity index (χ0) is 21.5. The fourth-order valence-corrected chi connectivity index (χ4v) is 3.01. The lowest BCUT2D eigenvalue weighted by Gasteiger charge is -2.14. The van der Waals surface area contributed by atoms with Gasteiger partial charge in [-0.2, -0.15) is 0 Å². The van der Waals surface area contributed by atoms with Gasteiger partial charge in [-0.25, -0.2) is 0 Å². The molecule has 0 spiro atoms. The van der Waals surface area contributed by atoms with Crippen molar-refractivity contribution >= 4 is 40.5 Å². The van der Waals surface area contributed by atoms with Gasteiger partial charge >= 0.3 is 0 Å². The van der Waals surface area contributed by atoms with Crippen LogP contribution in [0.5, 0.6) is 0 Å². The summed E-state index contributed by atoms with van der Waals surface area (Å²) < 4.78 is 0. The van der Waals surface area contributed by atoms with E-state index in [1.54, 1.807) is 24.3 Å². The van der Waals surface area contributed by atoms with Crippen molar-refractivity contribution in [2.75, 3.05) is 27.8 Å². The van der Waals surface area contributed by atoms with Crippen LogP contribution in [0.3, 0.4) is 0 Å². The molecular formula is C23H28N4O3. The normalized spacial score (nSPS) is 12.7. The van der Waals surface area contributed by atoms with Crippen LogP contribution in [-0.2, 0) is 14.4 Å². The van der Waals surface area contributed by atoms with E-state index in [1.165, 1.54) is 0 Å². The largest absolute Gasteiger partial charge is 0.376 e. The van der Waals surface area contributed by atoms with Crippen molar-refractivity contribution in [1.29, 1.82) is 0 Å². The Bertz CT molecular complexity index is 921. The SMILES string of the molecule is CCCC(=O)Nc1ccc(NC(=O)CNc2cccc(NC(=O)C3CC3)c2C)cc1. The molecule has 3 rings (SSSR count). The molecule has 4 N–H and O–H groups in total. The van der Waals surface area contributed by atoms with E-state index in [9.17, 15) is 14.4 Å². The molecule has 0 aromatic heterocycles. The molecule has 0 unspecified atom stereocenters. The molecule has 0 aliphatic heterocycles. The summed E-state index contributed by atoms with van der Waals surface area (Å²) in [6.07, 6.45) is 3.18. The first-order valence-electron chi connectivity index (χ1n) is 10.3. The predicted octanol–water partition coefficient (Wildman–Crippen LogP) is 4.13. The lowest BCUT2D eigenvalue weighted by molar-refractivity contribution is -0.117. The average molecular weight is 409 g/mol. The molecule has 1 saturated carbocycles. The van der Waals surface area contributed by atoms with Crippen LogP contribution in [0.1, 0.15) is 38.2 Å². The van der Waals surface area contributed by atoms with Crippen LogP contribution in [0.4, 0.5) is 22.7 Å². The highest BCUT2D eigenvalue weighted by Gasteiger charge is 2.29. The van der Waals surface area contributed by atoms with Crippen LogP contribution >= 0.6 is 0 Å². The lowest BCUT2D eigenvalue weighted by atomic mass is 10.1. The van der Waals surface area contributed by atoms with Gasteiger partial charge in [0.15, 0.2) is 0 Å². The highest BCUT2D eigenvalue weighted by atomic mass is 16.2. The van der Waals surface area contributed by atoms with E-state index in [0.29, 0.717) is 17.8 Å². The maximum absolute atomic E-state index is 12.3. The second-order valence-corrected chi connectivity index (χ2v) is 7.52. The first-order chi connectivity index (χ1) is 14.5. The molecule has 158 valence electrons. The van der Waals surface area contributed by atoms with Crippen LogP contribution in [-0.4, -0.2) is 24.3 Å². The number of rotatable bonds is 9. The smallest absolute Gasteiger partial charge is 0.243 e. The minimum atomic E-state index is -0.190. The average Bonchev–Trinajstić information content (AvgIpc) is 3.56. The van der Waals surface area contributed by atoms with Gasteiger partial charge in [0.25, 0.3) is 0 Å². The zero-order valence-corrected chi connectivity index (χ0v) is 17.4. The molecular weight excluding hydrogens is 380 g/mol. The Morgan fingerprint density at radius 3 is 2.07 bits per heavy atom. The lowest BCUT2D eigenvalue weighted by Crippen LogP contribution is -2.22. The molecule has 1 aliphatic rings. The Balaban J connectivity index is 1.50. The Morgan fingerprint density at radius 1 is 0.867 bits per heavy atom. The maximum Gasteiger partial charge on any atom is 0.243 e. The zero-order valence-electron chi connectivity index (χ0n) is 17.4. The van der Waals surface area contributed by atoms with Crippen LogP contribution in [0.25, 0.3) is 0 Å². The van der Waals surface area contributed by atoms with Gasteiger partial charge in [0, 0.05) is 35.1 Å². The third-order valence-electron chi connectivity index (χ3n) is 4.91. The predicted molar refractivity (Wildman–Crippen MR) is 120 cm³/mol. The van der Waals surface area contributed by atoms with Crippen LogP contribution in [0.2, 0.25) is 0 Å². The van der Waals surface area contributed by atoms with E-state index in [4.69, 9.17) is 0 Å². The molecule has 30 heavy (non-hydrogen) atoms. The van der Waals surface area contributed by atoms with E-state index >= 15 is 0 Å². The molecule has 0 radical (unpaired) electrons. The number of amides is 3. The number of carbonyl (C=O) groups is 3. The van der Waals surface area contributed by atoms with Crippen molar-refractivity contribution in [3.05, 3.63) is 48.0 Å². The van der Waals surface area contributed by atoms with Gasteiger partial charge in [-0.05, 0) is 68.1 Å². The summed E-state index contributed by atoms with van der Waals surface area (Å²) in [6.45, 7) is 3.96. The standard InChI is InChI=1S/C23H28N4O3/c1-3-5-21(28)25-17-10-12-18(13-11-17)26-22(29)14-24-19-6-4-7-20(15(19)2)27-23(30)16-8-9-16/h4,6-7,10-13,16,24H,3,5,8-9,14H2,1-2H3,(H,25,28)(H,26,29)(H,27,30). The molecule has 0 atom stereocenters. The van der Waals surface area contributed by atoms with Gasteiger partial charge in [-0.1, -0.05) is 13.0 Å². The highest BCUT2D eigenvalue weighted by molar-refractivity contribution is 5.97. The van der Waals surface area contributed by atoms with Gasteiger partial charge in [-0.15, -0.1) is 0 Å². The Hall–Kier alpha value is -3.35. The highest BCUT2D eigenvalue weighted by Crippen LogP contribution is 2.31. The Kier molecular flexibility index (Phi) is 7.06. The van der Waals surface area contributed by atoms with E-state index in [1.807, 2.05) is 32.0 Å². The molecule has 0 heterocycles. The Morgan fingerprint density at radius 2 is 1.47 bits per heavy atom. The summed E-state index contributed by atoms with van der Waals surface area (Å²) >= 11 is 0. The summed E-state index contributed by atoms with van der Waals surface area (Å²) in [5.41, 5.74) is 3.81. The van der Waals surface area contributed by atoms with Gasteiger partial charge in [0.1, 0.15) is 0 Å². The molecule has 2 aromatic carbocycles. The summed E-state index contributed by atoms with van der Waals surface area (Å²) in [5.74, 6) is -0.0190. The topological polar surface area (TPSA) is 99.3 Å². The van der Waals surface area contributed by atoms with E-state index in [0.717, 1.165) is 36.2 Å². The number of hydrogen-bond acceptors (Lipinski definition) is 4. The summed E-state index contributed by atoms with van der Waals surface area (Å²) in [5, 5.41) is 11.7. The van der Waals surface area contributed by atoms with Crippen LogP contribution < -0.4 is 21.3 Å². The molecule has 0 bridgehead atoms. The van der Waals surface area contributed by atoms with Crippen molar-refractivity contribution < 1.29 is 14.4 Å². The third-order valence-corrected chi connectivity index (χ3v) is 4.91. The maximum atomic E-state index is 12.3. The summed E-state index contributed by atoms with van der Waals surface area (Å²) in [6, 6.07) is 12.6. The molecule has 7 nitrogen and oxygen atoms in total.